The van der Waals surface area contributed by atoms with Crippen LogP contribution < -0.4 is 14.8 Å². The highest BCUT2D eigenvalue weighted by Gasteiger charge is 2.35. The molecular formula is C28H25ClN2O5S. The van der Waals surface area contributed by atoms with E-state index in [4.69, 9.17) is 21.1 Å². The normalized spacial score (nSPS) is 14.2. The molecule has 1 saturated heterocycles. The number of amides is 3. The fourth-order valence-electron chi connectivity index (χ4n) is 3.57. The van der Waals surface area contributed by atoms with Gasteiger partial charge in [-0.3, -0.25) is 19.3 Å². The van der Waals surface area contributed by atoms with Gasteiger partial charge in [-0.25, -0.2) is 0 Å². The molecule has 1 heterocycles. The second kappa shape index (κ2) is 12.0. The van der Waals surface area contributed by atoms with Crippen molar-refractivity contribution >= 4 is 52.2 Å². The largest absolute Gasteiger partial charge is 0.491 e. The smallest absolute Gasteiger partial charge is 0.293 e. The van der Waals surface area contributed by atoms with Gasteiger partial charge in [0, 0.05) is 16.3 Å². The minimum absolute atomic E-state index is 0.119. The lowest BCUT2D eigenvalue weighted by Gasteiger charge is -2.14. The predicted octanol–water partition coefficient (Wildman–Crippen LogP) is 6.09. The highest BCUT2D eigenvalue weighted by atomic mass is 35.5. The van der Waals surface area contributed by atoms with Crippen molar-refractivity contribution in [3.8, 4) is 11.5 Å². The average Bonchev–Trinajstić information content (AvgIpc) is 3.13. The quantitative estimate of drug-likeness (QED) is 0.333. The van der Waals surface area contributed by atoms with Crippen molar-refractivity contribution in [3.63, 3.8) is 0 Å². The van der Waals surface area contributed by atoms with Crippen molar-refractivity contribution in [1.82, 2.24) is 4.90 Å². The van der Waals surface area contributed by atoms with E-state index in [1.807, 2.05) is 50.2 Å². The maximum absolute atomic E-state index is 13.0. The summed E-state index contributed by atoms with van der Waals surface area (Å²) in [5.74, 6) is 0.320. The number of nitrogens with zero attached hydrogens (tertiary/aromatic N) is 1. The molecule has 0 spiro atoms. The first-order chi connectivity index (χ1) is 17.8. The maximum Gasteiger partial charge on any atom is 0.293 e. The van der Waals surface area contributed by atoms with E-state index < -0.39 is 5.91 Å². The molecule has 190 valence electrons. The van der Waals surface area contributed by atoms with Crippen LogP contribution in [0.3, 0.4) is 0 Å². The van der Waals surface area contributed by atoms with Crippen LogP contribution in [0.5, 0.6) is 11.5 Å². The zero-order chi connectivity index (χ0) is 26.4. The molecule has 3 amide bonds. The van der Waals surface area contributed by atoms with Crippen molar-refractivity contribution in [1.29, 1.82) is 0 Å². The number of para-hydroxylation sites is 1. The minimum Gasteiger partial charge on any atom is -0.491 e. The lowest BCUT2D eigenvalue weighted by Crippen LogP contribution is -2.32. The molecule has 0 bridgehead atoms. The van der Waals surface area contributed by atoms with Crippen LogP contribution in [0.15, 0.2) is 71.6 Å². The number of halogens is 1. The number of ether oxygens (including phenoxy) is 2. The standard InChI is InChI=1S/C28H25ClN2O5S/c1-18-8-9-19(2)24(14-18)35-13-12-31-27(33)25(37-28(31)34)16-20-15-21(29)10-11-23(20)36-17-26(32)30-22-6-4-3-5-7-22/h3-11,14-16H,12-13,17H2,1-2H3,(H,30,32)/b25-16-. The Hall–Kier alpha value is -3.75. The SMILES string of the molecule is Cc1ccc(C)c(OCCN2C(=O)S/C(=C\c3cc(Cl)ccc3OCC(=O)Nc3ccccc3)C2=O)c1. The third-order valence-electron chi connectivity index (χ3n) is 5.46. The van der Waals surface area contributed by atoms with Gasteiger partial charge >= 0.3 is 0 Å². The number of rotatable bonds is 9. The van der Waals surface area contributed by atoms with Gasteiger partial charge in [0.25, 0.3) is 17.1 Å². The maximum atomic E-state index is 13.0. The molecule has 1 fully saturated rings. The number of anilines is 1. The molecule has 0 radical (unpaired) electrons. The number of hydrogen-bond acceptors (Lipinski definition) is 6. The second-order valence-corrected chi connectivity index (χ2v) is 9.77. The van der Waals surface area contributed by atoms with E-state index in [9.17, 15) is 14.4 Å². The Bertz CT molecular complexity index is 1360. The molecule has 0 atom stereocenters. The van der Waals surface area contributed by atoms with Crippen molar-refractivity contribution in [3.05, 3.63) is 93.3 Å². The number of benzene rings is 3. The minimum atomic E-state index is -0.424. The number of thioether (sulfide) groups is 1. The van der Waals surface area contributed by atoms with Gasteiger partial charge in [0.05, 0.1) is 11.4 Å². The summed E-state index contributed by atoms with van der Waals surface area (Å²) in [6.07, 6.45) is 1.55. The van der Waals surface area contributed by atoms with E-state index in [2.05, 4.69) is 5.32 Å². The van der Waals surface area contributed by atoms with Gasteiger partial charge in [-0.1, -0.05) is 41.9 Å². The van der Waals surface area contributed by atoms with Crippen LogP contribution in [-0.4, -0.2) is 41.7 Å². The molecule has 3 aromatic rings. The second-order valence-electron chi connectivity index (χ2n) is 8.34. The number of aryl methyl sites for hydroxylation is 2. The molecule has 0 aliphatic carbocycles. The summed E-state index contributed by atoms with van der Waals surface area (Å²) in [5.41, 5.74) is 3.18. The summed E-state index contributed by atoms with van der Waals surface area (Å²) in [4.78, 5) is 39.2. The molecule has 37 heavy (non-hydrogen) atoms. The molecule has 7 nitrogen and oxygen atoms in total. The lowest BCUT2D eigenvalue weighted by atomic mass is 10.1. The van der Waals surface area contributed by atoms with Crippen molar-refractivity contribution in [2.45, 2.75) is 13.8 Å². The zero-order valence-electron chi connectivity index (χ0n) is 20.3. The molecule has 9 heteroatoms. The van der Waals surface area contributed by atoms with E-state index in [1.54, 1.807) is 36.4 Å². The third kappa shape index (κ3) is 6.93. The molecule has 0 saturated carbocycles. The summed E-state index contributed by atoms with van der Waals surface area (Å²) in [6, 6.07) is 19.8. The number of imide groups is 1. The first kappa shape index (κ1) is 26.3. The fourth-order valence-corrected chi connectivity index (χ4v) is 4.61. The van der Waals surface area contributed by atoms with Gasteiger partial charge in [0.15, 0.2) is 6.61 Å². The summed E-state index contributed by atoms with van der Waals surface area (Å²) >= 11 is 7.00. The van der Waals surface area contributed by atoms with Crippen LogP contribution in [0, 0.1) is 13.8 Å². The van der Waals surface area contributed by atoms with Crippen molar-refractivity contribution in [2.24, 2.45) is 0 Å². The number of carbonyl (C=O) groups is 3. The van der Waals surface area contributed by atoms with Gasteiger partial charge < -0.3 is 14.8 Å². The molecule has 1 N–H and O–H groups in total. The Morgan fingerprint density at radius 1 is 1.00 bits per heavy atom. The van der Waals surface area contributed by atoms with E-state index in [1.165, 1.54) is 0 Å². The molecular weight excluding hydrogens is 512 g/mol. The topological polar surface area (TPSA) is 84.9 Å². The highest BCUT2D eigenvalue weighted by molar-refractivity contribution is 8.18. The van der Waals surface area contributed by atoms with E-state index >= 15 is 0 Å². The zero-order valence-corrected chi connectivity index (χ0v) is 21.9. The lowest BCUT2D eigenvalue weighted by molar-refractivity contribution is -0.123. The highest BCUT2D eigenvalue weighted by Crippen LogP contribution is 2.35. The van der Waals surface area contributed by atoms with E-state index in [0.717, 1.165) is 33.5 Å². The summed E-state index contributed by atoms with van der Waals surface area (Å²) in [5, 5.41) is 2.79. The molecule has 3 aromatic carbocycles. The average molecular weight is 537 g/mol. The molecule has 1 aliphatic rings. The first-order valence-electron chi connectivity index (χ1n) is 11.5. The van der Waals surface area contributed by atoms with Crippen molar-refractivity contribution in [2.75, 3.05) is 25.1 Å². The van der Waals surface area contributed by atoms with Gasteiger partial charge in [0.2, 0.25) is 0 Å². The van der Waals surface area contributed by atoms with Gasteiger partial charge in [-0.15, -0.1) is 0 Å². The van der Waals surface area contributed by atoms with Crippen LogP contribution in [0.25, 0.3) is 6.08 Å². The molecule has 0 unspecified atom stereocenters. The Labute approximate surface area is 224 Å². The Kier molecular flexibility index (Phi) is 8.53. The van der Waals surface area contributed by atoms with E-state index in [-0.39, 0.29) is 35.8 Å². The van der Waals surface area contributed by atoms with Crippen molar-refractivity contribution < 1.29 is 23.9 Å². The molecule has 1 aliphatic heterocycles. The van der Waals surface area contributed by atoms with Crippen LogP contribution in [0.4, 0.5) is 10.5 Å². The Balaban J connectivity index is 1.41. The fraction of sp³-hybridized carbons (Fsp3) is 0.179. The third-order valence-corrected chi connectivity index (χ3v) is 6.61. The Morgan fingerprint density at radius 3 is 2.57 bits per heavy atom. The number of hydrogen-bond donors (Lipinski definition) is 1. The molecule has 0 aromatic heterocycles. The summed E-state index contributed by atoms with van der Waals surface area (Å²) in [7, 11) is 0. The van der Waals surface area contributed by atoms with Gasteiger partial charge in [-0.2, -0.15) is 0 Å². The molecule has 4 rings (SSSR count). The van der Waals surface area contributed by atoms with Crippen LogP contribution in [0.1, 0.15) is 16.7 Å². The monoisotopic (exact) mass is 536 g/mol. The number of nitrogens with one attached hydrogen (secondary N) is 1. The van der Waals surface area contributed by atoms with Gasteiger partial charge in [-0.05, 0) is 79.2 Å². The number of carbonyl (C=O) groups excluding carboxylic acids is 3. The van der Waals surface area contributed by atoms with Crippen LogP contribution in [-0.2, 0) is 9.59 Å². The summed E-state index contributed by atoms with van der Waals surface area (Å²) < 4.78 is 11.5. The van der Waals surface area contributed by atoms with Gasteiger partial charge in [0.1, 0.15) is 18.1 Å². The van der Waals surface area contributed by atoms with Crippen LogP contribution in [0.2, 0.25) is 5.02 Å². The van der Waals surface area contributed by atoms with Crippen LogP contribution >= 0.6 is 23.4 Å². The first-order valence-corrected chi connectivity index (χ1v) is 12.7. The van der Waals surface area contributed by atoms with E-state index in [0.29, 0.717) is 22.0 Å². The Morgan fingerprint density at radius 2 is 1.78 bits per heavy atom. The predicted molar refractivity (Wildman–Crippen MR) is 146 cm³/mol. The summed E-state index contributed by atoms with van der Waals surface area (Å²) in [6.45, 7) is 3.96.